The summed E-state index contributed by atoms with van der Waals surface area (Å²) in [5.74, 6) is -0.253. The van der Waals surface area contributed by atoms with Gasteiger partial charge in [0.2, 0.25) is 0 Å². The summed E-state index contributed by atoms with van der Waals surface area (Å²) >= 11 is 0. The van der Waals surface area contributed by atoms with Crippen LogP contribution >= 0.6 is 0 Å². The van der Waals surface area contributed by atoms with Crippen molar-refractivity contribution in [3.63, 3.8) is 0 Å². The fourth-order valence-corrected chi connectivity index (χ4v) is 3.51. The number of hydrogen-bond donors (Lipinski definition) is 1. The van der Waals surface area contributed by atoms with Gasteiger partial charge in [-0.05, 0) is 24.3 Å². The summed E-state index contributed by atoms with van der Waals surface area (Å²) in [4.78, 5) is 33.2. The van der Waals surface area contributed by atoms with E-state index in [-0.39, 0.29) is 11.6 Å². The minimum Gasteiger partial charge on any atom is -0.361 e. The Kier molecular flexibility index (Phi) is 3.37. The Balaban J connectivity index is 1.55. The van der Waals surface area contributed by atoms with E-state index in [0.717, 1.165) is 16.5 Å². The van der Waals surface area contributed by atoms with Crippen molar-refractivity contribution >= 4 is 34.4 Å². The monoisotopic (exact) mass is 350 g/mol. The summed E-state index contributed by atoms with van der Waals surface area (Å²) < 4.78 is 0. The summed E-state index contributed by atoms with van der Waals surface area (Å²) in [6.45, 7) is 0. The number of carbonyl (C=O) groups excluding carboxylic acids is 2. The van der Waals surface area contributed by atoms with Crippen molar-refractivity contribution in [2.45, 2.75) is 0 Å². The molecule has 1 aromatic heterocycles. The molecule has 0 spiro atoms. The summed E-state index contributed by atoms with van der Waals surface area (Å²) in [5.41, 5.74) is 4.41. The van der Waals surface area contributed by atoms with E-state index in [0.29, 0.717) is 27.9 Å². The smallest absolute Gasteiger partial charge is 0.194 e. The van der Waals surface area contributed by atoms with E-state index in [1.807, 2.05) is 30.5 Å². The van der Waals surface area contributed by atoms with Gasteiger partial charge in [-0.1, -0.05) is 42.5 Å². The lowest BCUT2D eigenvalue weighted by molar-refractivity contribution is 0.0979. The zero-order valence-electron chi connectivity index (χ0n) is 14.3. The third-order valence-corrected chi connectivity index (χ3v) is 4.88. The molecular formula is C23H14N2O2. The largest absolute Gasteiger partial charge is 0.361 e. The van der Waals surface area contributed by atoms with Crippen LogP contribution in [-0.2, 0) is 0 Å². The molecule has 3 aromatic carbocycles. The van der Waals surface area contributed by atoms with Crippen molar-refractivity contribution in [3.05, 3.63) is 101 Å². The van der Waals surface area contributed by atoms with Crippen LogP contribution in [0.5, 0.6) is 0 Å². The Morgan fingerprint density at radius 1 is 0.741 bits per heavy atom. The average Bonchev–Trinajstić information content (AvgIpc) is 3.13. The van der Waals surface area contributed by atoms with Crippen LogP contribution in [0.2, 0.25) is 0 Å². The van der Waals surface area contributed by atoms with Gasteiger partial charge in [0.05, 0.1) is 5.69 Å². The van der Waals surface area contributed by atoms with E-state index in [1.165, 1.54) is 0 Å². The molecule has 0 fully saturated rings. The molecule has 0 unspecified atom stereocenters. The summed E-state index contributed by atoms with van der Waals surface area (Å²) in [7, 11) is 0. The molecule has 5 rings (SSSR count). The van der Waals surface area contributed by atoms with Gasteiger partial charge in [0.15, 0.2) is 11.6 Å². The van der Waals surface area contributed by atoms with Gasteiger partial charge in [0, 0.05) is 51.1 Å². The Bertz CT molecular complexity index is 1260. The van der Waals surface area contributed by atoms with Crippen LogP contribution in [-0.4, -0.2) is 22.8 Å². The fraction of sp³-hybridized carbons (Fsp3) is 0. The number of benzene rings is 3. The van der Waals surface area contributed by atoms with E-state index >= 15 is 0 Å². The van der Waals surface area contributed by atoms with Gasteiger partial charge in [-0.25, -0.2) is 0 Å². The second kappa shape index (κ2) is 5.88. The molecule has 0 saturated carbocycles. The lowest BCUT2D eigenvalue weighted by Gasteiger charge is -2.17. The molecule has 0 saturated heterocycles. The van der Waals surface area contributed by atoms with Crippen molar-refractivity contribution in [2.75, 3.05) is 0 Å². The molecule has 1 aliphatic rings. The van der Waals surface area contributed by atoms with Crippen molar-refractivity contribution in [3.8, 4) is 0 Å². The summed E-state index contributed by atoms with van der Waals surface area (Å²) in [6, 6.07) is 20.1. The lowest BCUT2D eigenvalue weighted by atomic mass is 9.84. The van der Waals surface area contributed by atoms with Gasteiger partial charge in [-0.2, -0.15) is 0 Å². The number of aliphatic imine (C=N–C) groups is 1. The first kappa shape index (κ1) is 15.5. The fourth-order valence-electron chi connectivity index (χ4n) is 3.51. The molecule has 0 bridgehead atoms. The lowest BCUT2D eigenvalue weighted by Crippen LogP contribution is -2.20. The number of carbonyl (C=O) groups is 2. The van der Waals surface area contributed by atoms with Crippen LogP contribution < -0.4 is 0 Å². The Hall–Kier alpha value is -3.79. The topological polar surface area (TPSA) is 62.3 Å². The summed E-state index contributed by atoms with van der Waals surface area (Å²) in [6.07, 6.45) is 3.67. The summed E-state index contributed by atoms with van der Waals surface area (Å²) in [5, 5.41) is 1.08. The van der Waals surface area contributed by atoms with Crippen molar-refractivity contribution in [1.29, 1.82) is 0 Å². The molecule has 27 heavy (non-hydrogen) atoms. The second-order valence-corrected chi connectivity index (χ2v) is 6.48. The number of para-hydroxylation sites is 1. The molecule has 1 aliphatic carbocycles. The molecular weight excluding hydrogens is 336 g/mol. The maximum atomic E-state index is 12.8. The van der Waals surface area contributed by atoms with Crippen LogP contribution in [0.1, 0.15) is 37.4 Å². The average molecular weight is 350 g/mol. The van der Waals surface area contributed by atoms with E-state index in [1.54, 1.807) is 48.7 Å². The quantitative estimate of drug-likeness (QED) is 0.469. The van der Waals surface area contributed by atoms with Crippen LogP contribution in [0.15, 0.2) is 77.9 Å². The zero-order chi connectivity index (χ0) is 18.4. The highest BCUT2D eigenvalue weighted by atomic mass is 16.1. The Morgan fingerprint density at radius 3 is 2.22 bits per heavy atom. The minimum absolute atomic E-state index is 0.118. The van der Waals surface area contributed by atoms with Crippen molar-refractivity contribution in [2.24, 2.45) is 4.99 Å². The predicted molar refractivity (Wildman–Crippen MR) is 105 cm³/mol. The number of aromatic amines is 1. The maximum Gasteiger partial charge on any atom is 0.194 e. The minimum atomic E-state index is -0.135. The molecule has 1 heterocycles. The second-order valence-electron chi connectivity index (χ2n) is 6.48. The molecule has 0 radical (unpaired) electrons. The van der Waals surface area contributed by atoms with E-state index in [2.05, 4.69) is 9.98 Å². The van der Waals surface area contributed by atoms with Gasteiger partial charge in [0.25, 0.3) is 0 Å². The maximum absolute atomic E-state index is 12.8. The number of ketones is 2. The molecule has 4 aromatic rings. The highest BCUT2D eigenvalue weighted by molar-refractivity contribution is 6.28. The predicted octanol–water partition coefficient (Wildman–Crippen LogP) is 4.69. The number of aromatic nitrogens is 1. The van der Waals surface area contributed by atoms with E-state index in [9.17, 15) is 9.59 Å². The molecule has 4 nitrogen and oxygen atoms in total. The normalized spacial score (nSPS) is 13.2. The highest BCUT2D eigenvalue weighted by Gasteiger charge is 2.29. The number of H-pyrrole nitrogens is 1. The van der Waals surface area contributed by atoms with E-state index in [4.69, 9.17) is 0 Å². The van der Waals surface area contributed by atoms with Gasteiger partial charge in [-0.3, -0.25) is 14.6 Å². The Morgan fingerprint density at radius 2 is 1.41 bits per heavy atom. The standard InChI is InChI=1S/C23H14N2O2/c26-22-17-6-1-2-7-18(17)23(27)20-11-15(9-10-19(20)22)24-12-14-13-25-21-8-4-3-5-16(14)21/h1-13,25H. The van der Waals surface area contributed by atoms with Gasteiger partial charge in [-0.15, -0.1) is 0 Å². The third kappa shape index (κ3) is 2.42. The van der Waals surface area contributed by atoms with Crippen molar-refractivity contribution in [1.82, 2.24) is 4.98 Å². The molecule has 0 aliphatic heterocycles. The first-order valence-corrected chi connectivity index (χ1v) is 8.65. The number of nitrogens with zero attached hydrogens (tertiary/aromatic N) is 1. The number of nitrogens with one attached hydrogen (secondary N) is 1. The zero-order valence-corrected chi connectivity index (χ0v) is 14.3. The highest BCUT2D eigenvalue weighted by Crippen LogP contribution is 2.30. The molecule has 128 valence electrons. The van der Waals surface area contributed by atoms with Crippen LogP contribution in [0.4, 0.5) is 5.69 Å². The molecule has 0 atom stereocenters. The van der Waals surface area contributed by atoms with Crippen LogP contribution in [0.25, 0.3) is 10.9 Å². The van der Waals surface area contributed by atoms with E-state index < -0.39 is 0 Å². The van der Waals surface area contributed by atoms with Crippen LogP contribution in [0, 0.1) is 0 Å². The number of hydrogen-bond acceptors (Lipinski definition) is 3. The van der Waals surface area contributed by atoms with Gasteiger partial charge in [0.1, 0.15) is 0 Å². The van der Waals surface area contributed by atoms with Crippen LogP contribution in [0.3, 0.4) is 0 Å². The molecule has 0 amide bonds. The Labute approximate surface area is 155 Å². The number of fused-ring (bicyclic) bond motifs is 3. The SMILES string of the molecule is O=C1c2ccccc2C(=O)c2cc(N=Cc3c[nH]c4ccccc34)ccc21. The first-order chi connectivity index (χ1) is 13.2. The molecule has 4 heteroatoms. The first-order valence-electron chi connectivity index (χ1n) is 8.65. The van der Waals surface area contributed by atoms with Crippen molar-refractivity contribution < 1.29 is 9.59 Å². The molecule has 1 N–H and O–H groups in total. The van der Waals surface area contributed by atoms with Gasteiger partial charge < -0.3 is 4.98 Å². The third-order valence-electron chi connectivity index (χ3n) is 4.88. The number of rotatable bonds is 2. The van der Waals surface area contributed by atoms with Gasteiger partial charge >= 0.3 is 0 Å².